The third-order valence-corrected chi connectivity index (χ3v) is 7.16. The molecular formula is C26H18N2O2S2Zn. The van der Waals surface area contributed by atoms with Gasteiger partial charge in [-0.2, -0.15) is 0 Å². The Bertz CT molecular complexity index is 1160. The number of hydrogen-bond acceptors (Lipinski definition) is 6. The van der Waals surface area contributed by atoms with Crippen LogP contribution >= 0.6 is 23.5 Å². The maximum absolute atomic E-state index is 11.7. The van der Waals surface area contributed by atoms with Gasteiger partial charge in [-0.1, -0.05) is 72.1 Å². The van der Waals surface area contributed by atoms with Crippen LogP contribution in [-0.2, 0) is 29.1 Å². The summed E-state index contributed by atoms with van der Waals surface area (Å²) in [7, 11) is 0. The number of thioether (sulfide) groups is 2. The van der Waals surface area contributed by atoms with Gasteiger partial charge < -0.3 is 10.6 Å². The van der Waals surface area contributed by atoms with Crippen molar-refractivity contribution in [1.29, 1.82) is 0 Å². The summed E-state index contributed by atoms with van der Waals surface area (Å²) in [4.78, 5) is 25.7. The van der Waals surface area contributed by atoms with E-state index in [0.717, 1.165) is 32.6 Å². The molecule has 2 heterocycles. The molecule has 0 radical (unpaired) electrons. The van der Waals surface area contributed by atoms with Crippen LogP contribution in [-0.4, -0.2) is 11.6 Å². The molecule has 4 nitrogen and oxygen atoms in total. The van der Waals surface area contributed by atoms with E-state index in [4.69, 9.17) is 0 Å². The summed E-state index contributed by atoms with van der Waals surface area (Å²) in [5, 5.41) is 8.39. The molecule has 2 aliphatic heterocycles. The second kappa shape index (κ2) is 10.4. The van der Waals surface area contributed by atoms with E-state index in [9.17, 15) is 9.59 Å². The number of rotatable bonds is 0. The van der Waals surface area contributed by atoms with Crippen molar-refractivity contribution >= 4 is 46.5 Å². The van der Waals surface area contributed by atoms with E-state index < -0.39 is 0 Å². The fourth-order valence-corrected chi connectivity index (χ4v) is 5.46. The van der Waals surface area contributed by atoms with E-state index in [1.54, 1.807) is 47.8 Å². The Morgan fingerprint density at radius 2 is 0.939 bits per heavy atom. The summed E-state index contributed by atoms with van der Waals surface area (Å²) in [5.41, 5.74) is 3.63. The molecule has 0 fully saturated rings. The summed E-state index contributed by atoms with van der Waals surface area (Å²) in [6, 6.07) is 16.1. The second-order valence-electron chi connectivity index (χ2n) is 7.10. The second-order valence-corrected chi connectivity index (χ2v) is 9.20. The molecule has 6 rings (SSSR count). The molecule has 0 bridgehead atoms. The van der Waals surface area contributed by atoms with Crippen LogP contribution in [0.3, 0.4) is 0 Å². The molecule has 7 heteroatoms. The van der Waals surface area contributed by atoms with E-state index >= 15 is 0 Å². The van der Waals surface area contributed by atoms with Crippen LogP contribution in [0.15, 0.2) is 128 Å². The van der Waals surface area contributed by atoms with E-state index in [1.165, 1.54) is 9.79 Å². The van der Waals surface area contributed by atoms with Crippen molar-refractivity contribution in [3.8, 4) is 0 Å². The number of carbonyl (C=O) groups excluding carboxylic acids is 2. The Morgan fingerprint density at radius 1 is 0.545 bits per heavy atom. The van der Waals surface area contributed by atoms with Crippen molar-refractivity contribution in [3.05, 3.63) is 118 Å². The van der Waals surface area contributed by atoms with Crippen LogP contribution in [0, 0.1) is 0 Å². The van der Waals surface area contributed by atoms with Crippen molar-refractivity contribution in [2.24, 2.45) is 0 Å². The molecule has 158 valence electrons. The zero-order chi connectivity index (χ0) is 21.9. The van der Waals surface area contributed by atoms with Gasteiger partial charge in [-0.05, 0) is 48.6 Å². The SMILES string of the molecule is O=C1C=CC=C/C1=C1/Nc2ccccc2S1.O=C1C=CC=C/C1=C1/Nc2ccccc2S1.[Zn]. The number of fused-ring (bicyclic) bond motifs is 2. The summed E-state index contributed by atoms with van der Waals surface area (Å²) in [6.07, 6.45) is 14.2. The third kappa shape index (κ3) is 5.06. The number of allylic oxidation sites excluding steroid dienone is 10. The first-order valence-corrected chi connectivity index (χ1v) is 11.7. The normalized spacial score (nSPS) is 21.5. The number of nitrogens with one attached hydrogen (secondary N) is 2. The van der Waals surface area contributed by atoms with E-state index in [1.807, 2.05) is 72.8 Å². The minimum Gasteiger partial charge on any atom is -0.348 e. The van der Waals surface area contributed by atoms with Gasteiger partial charge in [-0.25, -0.2) is 0 Å². The molecule has 0 amide bonds. The van der Waals surface area contributed by atoms with Crippen LogP contribution < -0.4 is 10.6 Å². The molecule has 0 spiro atoms. The monoisotopic (exact) mass is 518 g/mol. The topological polar surface area (TPSA) is 58.2 Å². The Hall–Kier alpha value is -2.86. The molecule has 0 saturated carbocycles. The van der Waals surface area contributed by atoms with Crippen molar-refractivity contribution < 1.29 is 29.1 Å². The smallest absolute Gasteiger partial charge is 0.188 e. The van der Waals surface area contributed by atoms with E-state index in [0.29, 0.717) is 0 Å². The van der Waals surface area contributed by atoms with Gasteiger partial charge in [-0.15, -0.1) is 0 Å². The first-order chi connectivity index (χ1) is 15.7. The van der Waals surface area contributed by atoms with E-state index in [2.05, 4.69) is 10.6 Å². The number of ketones is 2. The van der Waals surface area contributed by atoms with Gasteiger partial charge in [0.05, 0.1) is 32.6 Å². The van der Waals surface area contributed by atoms with Crippen molar-refractivity contribution in [1.82, 2.24) is 0 Å². The molecule has 2 aliphatic carbocycles. The minimum atomic E-state index is 0. The third-order valence-electron chi connectivity index (χ3n) is 4.96. The van der Waals surface area contributed by atoms with Gasteiger partial charge in [0, 0.05) is 29.3 Å². The van der Waals surface area contributed by atoms with Gasteiger partial charge >= 0.3 is 0 Å². The molecule has 0 saturated heterocycles. The van der Waals surface area contributed by atoms with Crippen LogP contribution in [0.5, 0.6) is 0 Å². The first-order valence-electron chi connectivity index (χ1n) is 10.0. The Morgan fingerprint density at radius 3 is 1.33 bits per heavy atom. The summed E-state index contributed by atoms with van der Waals surface area (Å²) >= 11 is 3.22. The number of benzene rings is 2. The van der Waals surface area contributed by atoms with Crippen LogP contribution in [0.1, 0.15) is 0 Å². The summed E-state index contributed by atoms with van der Waals surface area (Å²) in [6.45, 7) is 0. The predicted molar refractivity (Wildman–Crippen MR) is 132 cm³/mol. The molecule has 0 atom stereocenters. The molecule has 0 unspecified atom stereocenters. The quantitative estimate of drug-likeness (QED) is 0.318. The molecule has 4 aliphatic rings. The van der Waals surface area contributed by atoms with Crippen LogP contribution in [0.25, 0.3) is 0 Å². The van der Waals surface area contributed by atoms with Crippen LogP contribution in [0.2, 0.25) is 0 Å². The minimum absolute atomic E-state index is 0. The zero-order valence-corrected chi connectivity index (χ0v) is 22.2. The van der Waals surface area contributed by atoms with Gasteiger partial charge in [0.25, 0.3) is 0 Å². The molecule has 0 aromatic heterocycles. The maximum atomic E-state index is 11.7. The Kier molecular flexibility index (Phi) is 7.34. The van der Waals surface area contributed by atoms with Gasteiger partial charge in [-0.3, -0.25) is 9.59 Å². The van der Waals surface area contributed by atoms with Gasteiger partial charge in [0.1, 0.15) is 0 Å². The first kappa shape index (κ1) is 23.3. The average Bonchev–Trinajstić information content (AvgIpc) is 3.44. The molecule has 2 aromatic rings. The largest absolute Gasteiger partial charge is 0.348 e. The van der Waals surface area contributed by atoms with Crippen molar-refractivity contribution in [3.63, 3.8) is 0 Å². The van der Waals surface area contributed by atoms with E-state index in [-0.39, 0.29) is 31.0 Å². The van der Waals surface area contributed by atoms with Crippen LogP contribution in [0.4, 0.5) is 11.4 Å². The maximum Gasteiger partial charge on any atom is 0.188 e. The fraction of sp³-hybridized carbons (Fsp3) is 0. The van der Waals surface area contributed by atoms with Crippen molar-refractivity contribution in [2.45, 2.75) is 9.79 Å². The number of anilines is 2. The van der Waals surface area contributed by atoms with Gasteiger partial charge in [0.2, 0.25) is 0 Å². The fourth-order valence-electron chi connectivity index (χ4n) is 3.39. The molecule has 33 heavy (non-hydrogen) atoms. The summed E-state index contributed by atoms with van der Waals surface area (Å²) in [5.74, 6) is 0.121. The average molecular weight is 520 g/mol. The summed E-state index contributed by atoms with van der Waals surface area (Å²) < 4.78 is 0. The predicted octanol–water partition coefficient (Wildman–Crippen LogP) is 6.22. The molecular weight excluding hydrogens is 502 g/mol. The standard InChI is InChI=1S/2C13H9NOS.Zn/c2*15-11-7-3-1-5-9(11)13-14-10-6-2-4-8-12(10)16-13;/h2*1-8,14H;/b2*13-9+;. The van der Waals surface area contributed by atoms with Gasteiger partial charge in [0.15, 0.2) is 11.6 Å². The molecule has 2 N–H and O–H groups in total. The number of carbonyl (C=O) groups is 2. The Labute approximate surface area is 213 Å². The van der Waals surface area contributed by atoms with Crippen molar-refractivity contribution in [2.75, 3.05) is 10.6 Å². The Balaban J connectivity index is 0.000000152. The number of hydrogen-bond donors (Lipinski definition) is 2. The number of para-hydroxylation sites is 2. The zero-order valence-electron chi connectivity index (χ0n) is 17.6. The molecule has 2 aromatic carbocycles.